The Hall–Kier alpha value is -0.900. The lowest BCUT2D eigenvalue weighted by Gasteiger charge is -2.26. The number of nitrogens with one attached hydrogen (secondary N) is 1. The van der Waals surface area contributed by atoms with Gasteiger partial charge in [-0.15, -0.1) is 0 Å². The van der Waals surface area contributed by atoms with E-state index in [2.05, 4.69) is 43.1 Å². The van der Waals surface area contributed by atoms with E-state index in [1.54, 1.807) is 6.33 Å². The van der Waals surface area contributed by atoms with Gasteiger partial charge in [0, 0.05) is 19.0 Å². The van der Waals surface area contributed by atoms with E-state index in [-0.39, 0.29) is 0 Å². The Morgan fingerprint density at radius 2 is 2.06 bits per heavy atom. The van der Waals surface area contributed by atoms with Gasteiger partial charge in [0.05, 0.1) is 0 Å². The molecule has 4 nitrogen and oxygen atoms in total. The molecule has 0 saturated carbocycles. The summed E-state index contributed by atoms with van der Waals surface area (Å²) in [4.78, 5) is 4.38. The van der Waals surface area contributed by atoms with E-state index in [0.717, 1.165) is 25.2 Å². The first-order chi connectivity index (χ1) is 8.10. The molecule has 0 fully saturated rings. The highest BCUT2D eigenvalue weighted by Crippen LogP contribution is 2.17. The van der Waals surface area contributed by atoms with Crippen LogP contribution in [0.3, 0.4) is 0 Å². The van der Waals surface area contributed by atoms with Crippen molar-refractivity contribution >= 4 is 0 Å². The minimum atomic E-state index is 0.467. The van der Waals surface area contributed by atoms with E-state index in [0.29, 0.717) is 17.9 Å². The molecule has 1 N–H and O–H groups in total. The second-order valence-corrected chi connectivity index (χ2v) is 5.10. The summed E-state index contributed by atoms with van der Waals surface area (Å²) in [6.07, 6.45) is 3.72. The average molecular weight is 238 g/mol. The molecule has 2 unspecified atom stereocenters. The van der Waals surface area contributed by atoms with Gasteiger partial charge in [0.15, 0.2) is 0 Å². The molecule has 0 spiro atoms. The normalized spacial score (nSPS) is 15.2. The van der Waals surface area contributed by atoms with Crippen LogP contribution in [0, 0.1) is 11.8 Å². The van der Waals surface area contributed by atoms with E-state index in [4.69, 9.17) is 0 Å². The van der Waals surface area contributed by atoms with Crippen LogP contribution in [-0.2, 0) is 13.0 Å². The zero-order valence-corrected chi connectivity index (χ0v) is 11.8. The summed E-state index contributed by atoms with van der Waals surface area (Å²) in [6.45, 7) is 9.96. The second-order valence-electron chi connectivity index (χ2n) is 5.10. The van der Waals surface area contributed by atoms with E-state index in [9.17, 15) is 0 Å². The van der Waals surface area contributed by atoms with Crippen LogP contribution in [-0.4, -0.2) is 27.9 Å². The van der Waals surface area contributed by atoms with Gasteiger partial charge in [0.2, 0.25) is 0 Å². The molecule has 17 heavy (non-hydrogen) atoms. The highest BCUT2D eigenvalue weighted by atomic mass is 15.3. The van der Waals surface area contributed by atoms with Gasteiger partial charge in [-0.25, -0.2) is 4.98 Å². The molecule has 0 aliphatic rings. The van der Waals surface area contributed by atoms with Crippen molar-refractivity contribution in [1.29, 1.82) is 0 Å². The fourth-order valence-corrected chi connectivity index (χ4v) is 2.06. The molecular formula is C13H26N4. The standard InChI is InChI=1S/C13H26N4/c1-6-7-17-13(15-9-16-17)8-12(14-5)11(4)10(2)3/h9-12,14H,6-8H2,1-5H3. The zero-order valence-electron chi connectivity index (χ0n) is 11.8. The first-order valence-corrected chi connectivity index (χ1v) is 6.64. The highest BCUT2D eigenvalue weighted by Gasteiger charge is 2.20. The first kappa shape index (κ1) is 14.2. The fourth-order valence-electron chi connectivity index (χ4n) is 2.06. The molecule has 98 valence electrons. The monoisotopic (exact) mass is 238 g/mol. The van der Waals surface area contributed by atoms with Gasteiger partial charge in [-0.3, -0.25) is 4.68 Å². The molecule has 2 atom stereocenters. The van der Waals surface area contributed by atoms with Crippen LogP contribution in [0.4, 0.5) is 0 Å². The maximum atomic E-state index is 4.38. The fraction of sp³-hybridized carbons (Fsp3) is 0.846. The molecule has 0 aliphatic carbocycles. The smallest absolute Gasteiger partial charge is 0.138 e. The number of hydrogen-bond acceptors (Lipinski definition) is 3. The van der Waals surface area contributed by atoms with Crippen molar-refractivity contribution in [1.82, 2.24) is 20.1 Å². The average Bonchev–Trinajstić information content (AvgIpc) is 2.73. The van der Waals surface area contributed by atoms with Crippen molar-refractivity contribution in [3.63, 3.8) is 0 Å². The van der Waals surface area contributed by atoms with Crippen LogP contribution in [0.5, 0.6) is 0 Å². The lowest BCUT2D eigenvalue weighted by molar-refractivity contribution is 0.303. The lowest BCUT2D eigenvalue weighted by Crippen LogP contribution is -2.37. The quantitative estimate of drug-likeness (QED) is 0.791. The van der Waals surface area contributed by atoms with Gasteiger partial charge in [0.1, 0.15) is 12.2 Å². The topological polar surface area (TPSA) is 42.7 Å². The van der Waals surface area contributed by atoms with Crippen LogP contribution in [0.15, 0.2) is 6.33 Å². The van der Waals surface area contributed by atoms with Gasteiger partial charge < -0.3 is 5.32 Å². The third-order valence-electron chi connectivity index (χ3n) is 3.59. The van der Waals surface area contributed by atoms with Gasteiger partial charge >= 0.3 is 0 Å². The minimum Gasteiger partial charge on any atom is -0.316 e. The summed E-state index contributed by atoms with van der Waals surface area (Å²) in [5, 5.41) is 7.68. The third kappa shape index (κ3) is 3.80. The molecule has 0 saturated heterocycles. The molecule has 4 heteroatoms. The van der Waals surface area contributed by atoms with Crippen molar-refractivity contribution in [3.8, 4) is 0 Å². The molecule has 1 heterocycles. The van der Waals surface area contributed by atoms with Crippen molar-refractivity contribution in [2.24, 2.45) is 11.8 Å². The Labute approximate surface area is 105 Å². The summed E-state index contributed by atoms with van der Waals surface area (Å²) in [6, 6.07) is 0.467. The Morgan fingerprint density at radius 3 is 2.59 bits per heavy atom. The maximum Gasteiger partial charge on any atom is 0.138 e. The first-order valence-electron chi connectivity index (χ1n) is 6.64. The van der Waals surface area contributed by atoms with E-state index < -0.39 is 0 Å². The van der Waals surface area contributed by atoms with Gasteiger partial charge in [-0.05, 0) is 25.3 Å². The maximum absolute atomic E-state index is 4.38. The van der Waals surface area contributed by atoms with Crippen LogP contribution in [0.25, 0.3) is 0 Å². The third-order valence-corrected chi connectivity index (χ3v) is 3.59. The largest absolute Gasteiger partial charge is 0.316 e. The van der Waals surface area contributed by atoms with Crippen molar-refractivity contribution in [3.05, 3.63) is 12.2 Å². The lowest BCUT2D eigenvalue weighted by atomic mass is 9.88. The summed E-state index contributed by atoms with van der Waals surface area (Å²) in [5.74, 6) is 2.40. The summed E-state index contributed by atoms with van der Waals surface area (Å²) in [7, 11) is 2.03. The van der Waals surface area contributed by atoms with Gasteiger partial charge in [-0.1, -0.05) is 27.7 Å². The van der Waals surface area contributed by atoms with Crippen molar-refractivity contribution in [2.45, 2.75) is 53.1 Å². The molecule has 0 radical (unpaired) electrons. The molecule has 1 rings (SSSR count). The Kier molecular flexibility index (Phi) is 5.62. The molecule has 0 bridgehead atoms. The molecular weight excluding hydrogens is 212 g/mol. The molecule has 1 aromatic heterocycles. The number of aromatic nitrogens is 3. The number of likely N-dealkylation sites (N-methyl/N-ethyl adjacent to an activating group) is 1. The van der Waals surface area contributed by atoms with Gasteiger partial charge in [0.25, 0.3) is 0 Å². The molecule has 0 amide bonds. The van der Waals surface area contributed by atoms with Crippen molar-refractivity contribution in [2.75, 3.05) is 7.05 Å². The molecule has 0 aromatic carbocycles. The summed E-state index contributed by atoms with van der Waals surface area (Å²) in [5.41, 5.74) is 0. The van der Waals surface area contributed by atoms with E-state index in [1.807, 2.05) is 11.7 Å². The Bertz CT molecular complexity index is 319. The highest BCUT2D eigenvalue weighted by molar-refractivity contribution is 4.91. The van der Waals surface area contributed by atoms with Gasteiger partial charge in [-0.2, -0.15) is 5.10 Å². The number of rotatable bonds is 7. The van der Waals surface area contributed by atoms with E-state index >= 15 is 0 Å². The number of aryl methyl sites for hydroxylation is 1. The number of hydrogen-bond donors (Lipinski definition) is 1. The Balaban J connectivity index is 2.70. The predicted octanol–water partition coefficient (Wildman–Crippen LogP) is 2.11. The zero-order chi connectivity index (χ0) is 12.8. The summed E-state index contributed by atoms with van der Waals surface area (Å²) >= 11 is 0. The SMILES string of the molecule is CCCn1ncnc1CC(NC)C(C)C(C)C. The number of nitrogens with zero attached hydrogens (tertiary/aromatic N) is 3. The van der Waals surface area contributed by atoms with E-state index in [1.165, 1.54) is 0 Å². The van der Waals surface area contributed by atoms with Crippen molar-refractivity contribution < 1.29 is 0 Å². The Morgan fingerprint density at radius 1 is 1.35 bits per heavy atom. The minimum absolute atomic E-state index is 0.467. The second kappa shape index (κ2) is 6.74. The van der Waals surface area contributed by atoms with Crippen LogP contribution < -0.4 is 5.32 Å². The van der Waals surface area contributed by atoms with Crippen LogP contribution >= 0.6 is 0 Å². The van der Waals surface area contributed by atoms with Crippen LogP contribution in [0.1, 0.15) is 39.9 Å². The van der Waals surface area contributed by atoms with Crippen LogP contribution in [0.2, 0.25) is 0 Å². The molecule has 1 aromatic rings. The predicted molar refractivity (Wildman–Crippen MR) is 70.9 cm³/mol. The molecule has 0 aliphatic heterocycles. The summed E-state index contributed by atoms with van der Waals surface area (Å²) < 4.78 is 2.03.